The summed E-state index contributed by atoms with van der Waals surface area (Å²) in [6, 6.07) is 11.4. The zero-order chi connectivity index (χ0) is 31.8. The monoisotopic (exact) mass is 653 g/mol. The Kier molecular flexibility index (Phi) is 8.71. The fourth-order valence-corrected chi connectivity index (χ4v) is 8.70. The van der Waals surface area contributed by atoms with Crippen LogP contribution in [-0.4, -0.2) is 85.5 Å². The molecule has 45 heavy (non-hydrogen) atoms. The lowest BCUT2D eigenvalue weighted by Crippen LogP contribution is -2.43. The minimum absolute atomic E-state index is 0.186. The van der Waals surface area contributed by atoms with E-state index >= 15 is 0 Å². The highest BCUT2D eigenvalue weighted by atomic mass is 32.2. The van der Waals surface area contributed by atoms with Gasteiger partial charge in [-0.25, -0.2) is 9.69 Å². The van der Waals surface area contributed by atoms with Crippen LogP contribution in [0.3, 0.4) is 0 Å². The van der Waals surface area contributed by atoms with E-state index in [4.69, 9.17) is 18.9 Å². The molecule has 2 fully saturated rings. The molecule has 236 valence electrons. The Hall–Kier alpha value is -4.14. The van der Waals surface area contributed by atoms with Gasteiger partial charge >= 0.3 is 10.8 Å². The number of ether oxygens (including phenoxy) is 4. The van der Waals surface area contributed by atoms with Crippen LogP contribution in [0.5, 0.6) is 11.5 Å². The first-order valence-electron chi connectivity index (χ1n) is 14.4. The Morgan fingerprint density at radius 1 is 0.956 bits per heavy atom. The summed E-state index contributed by atoms with van der Waals surface area (Å²) in [5, 5.41) is -0.375. The molecule has 1 aromatic heterocycles. The number of hydrogen-bond donors (Lipinski definition) is 0. The van der Waals surface area contributed by atoms with E-state index in [0.717, 1.165) is 28.0 Å². The number of aromatic nitrogens is 1. The number of benzene rings is 2. The number of carbonyl (C=O) groups is 4. The van der Waals surface area contributed by atoms with Gasteiger partial charge in [-0.3, -0.25) is 23.7 Å². The largest absolute Gasteiger partial charge is 0.493 e. The summed E-state index contributed by atoms with van der Waals surface area (Å²) in [4.78, 5) is 70.2. The number of nitrogens with zero attached hydrogens (tertiary/aromatic N) is 3. The van der Waals surface area contributed by atoms with Crippen molar-refractivity contribution in [2.24, 2.45) is 5.92 Å². The van der Waals surface area contributed by atoms with Gasteiger partial charge in [-0.1, -0.05) is 29.2 Å². The van der Waals surface area contributed by atoms with Crippen LogP contribution < -0.4 is 19.2 Å². The third-order valence-corrected chi connectivity index (χ3v) is 10.7. The molecule has 0 bridgehead atoms. The minimum Gasteiger partial charge on any atom is -0.493 e. The van der Waals surface area contributed by atoms with E-state index in [9.17, 15) is 24.0 Å². The SMILES string of the molecule is CCOC(=O)c1ccc(N2C(=O)C3Sc4c(sc(=O)n4CC(=O)N4CCOCC4)[C@@H](c4ccc(OC)c(OC)c4)C3C2=O)cc1. The van der Waals surface area contributed by atoms with Crippen LogP contribution >= 0.6 is 23.1 Å². The fraction of sp³-hybridized carbons (Fsp3) is 0.387. The molecule has 2 unspecified atom stereocenters. The molecule has 3 atom stereocenters. The Morgan fingerprint density at radius 2 is 1.67 bits per heavy atom. The Morgan fingerprint density at radius 3 is 2.33 bits per heavy atom. The predicted octanol–water partition coefficient (Wildman–Crippen LogP) is 2.76. The van der Waals surface area contributed by atoms with Crippen LogP contribution in [0.4, 0.5) is 5.69 Å². The van der Waals surface area contributed by atoms with Crippen molar-refractivity contribution in [2.75, 3.05) is 52.0 Å². The Balaban J connectivity index is 1.42. The number of hydrogen-bond acceptors (Lipinski definition) is 11. The van der Waals surface area contributed by atoms with Gasteiger partial charge in [0.1, 0.15) is 11.8 Å². The van der Waals surface area contributed by atoms with Crippen molar-refractivity contribution >= 4 is 52.5 Å². The summed E-state index contributed by atoms with van der Waals surface area (Å²) in [5.41, 5.74) is 1.28. The molecule has 6 rings (SSSR count). The van der Waals surface area contributed by atoms with Crippen molar-refractivity contribution in [3.8, 4) is 11.5 Å². The summed E-state index contributed by atoms with van der Waals surface area (Å²) in [5.74, 6) is -2.20. The first-order chi connectivity index (χ1) is 21.8. The molecule has 3 amide bonds. The van der Waals surface area contributed by atoms with Gasteiger partial charge in [0.05, 0.1) is 56.2 Å². The highest BCUT2D eigenvalue weighted by Crippen LogP contribution is 2.54. The van der Waals surface area contributed by atoms with Crippen LogP contribution in [-0.2, 0) is 30.4 Å². The van der Waals surface area contributed by atoms with Gasteiger partial charge in [0, 0.05) is 23.9 Å². The van der Waals surface area contributed by atoms with Crippen LogP contribution in [0.25, 0.3) is 0 Å². The number of morpholine rings is 1. The van der Waals surface area contributed by atoms with Gasteiger partial charge in [-0.05, 0) is 48.9 Å². The second-order valence-electron chi connectivity index (χ2n) is 10.6. The fourth-order valence-electron chi connectivity index (χ4n) is 5.92. The van der Waals surface area contributed by atoms with E-state index in [-0.39, 0.29) is 23.9 Å². The van der Waals surface area contributed by atoms with Crippen molar-refractivity contribution in [1.82, 2.24) is 9.47 Å². The van der Waals surface area contributed by atoms with E-state index in [0.29, 0.717) is 64.5 Å². The third-order valence-electron chi connectivity index (χ3n) is 8.11. The molecule has 2 saturated heterocycles. The molecule has 3 aliphatic heterocycles. The van der Waals surface area contributed by atoms with Crippen molar-refractivity contribution in [1.29, 1.82) is 0 Å². The lowest BCUT2D eigenvalue weighted by Gasteiger charge is -2.31. The van der Waals surface area contributed by atoms with E-state index in [2.05, 4.69) is 0 Å². The maximum Gasteiger partial charge on any atom is 0.338 e. The predicted molar refractivity (Wildman–Crippen MR) is 165 cm³/mol. The summed E-state index contributed by atoms with van der Waals surface area (Å²) in [7, 11) is 3.02. The molecule has 0 N–H and O–H groups in total. The number of amides is 3. The number of carbonyl (C=O) groups excluding carboxylic acids is 4. The van der Waals surface area contributed by atoms with E-state index in [1.54, 1.807) is 42.2 Å². The molecular weight excluding hydrogens is 622 g/mol. The molecule has 14 heteroatoms. The molecule has 3 aromatic rings. The summed E-state index contributed by atoms with van der Waals surface area (Å²) >= 11 is 2.12. The highest BCUT2D eigenvalue weighted by molar-refractivity contribution is 8.00. The first-order valence-corrected chi connectivity index (χ1v) is 16.1. The van der Waals surface area contributed by atoms with Gasteiger partial charge < -0.3 is 23.8 Å². The molecule has 0 radical (unpaired) electrons. The second kappa shape index (κ2) is 12.7. The highest BCUT2D eigenvalue weighted by Gasteiger charge is 2.57. The number of imide groups is 1. The first kappa shape index (κ1) is 30.9. The quantitative estimate of drug-likeness (QED) is 0.264. The standard InChI is InChI=1S/C31H31N3O9S2/c1-4-43-30(38)17-5-8-19(9-6-17)34-27(36)24-23(18-7-10-20(40-2)21(15-18)41-3)26-29(44-25(24)28(34)37)33(31(39)45-26)16-22(35)32-11-13-42-14-12-32/h5-10,15,23-25H,4,11-14,16H2,1-3H3/t23-,24?,25?/m0/s1. The third kappa shape index (κ3) is 5.51. The number of rotatable bonds is 8. The molecular formula is C31H31N3O9S2. The lowest BCUT2D eigenvalue weighted by atomic mass is 9.83. The zero-order valence-corrected chi connectivity index (χ0v) is 26.5. The van der Waals surface area contributed by atoms with Gasteiger partial charge in [0.2, 0.25) is 17.7 Å². The number of thioether (sulfide) groups is 1. The number of anilines is 1. The number of methoxy groups -OCH3 is 2. The number of thiazole rings is 1. The number of fused-ring (bicyclic) bond motifs is 2. The molecule has 2 aromatic carbocycles. The van der Waals surface area contributed by atoms with Gasteiger partial charge in [-0.2, -0.15) is 0 Å². The lowest BCUT2D eigenvalue weighted by molar-refractivity contribution is -0.136. The molecule has 0 saturated carbocycles. The topological polar surface area (TPSA) is 134 Å². The summed E-state index contributed by atoms with van der Waals surface area (Å²) < 4.78 is 22.8. The molecule has 4 heterocycles. The summed E-state index contributed by atoms with van der Waals surface area (Å²) in [6.45, 7) is 3.46. The molecule has 12 nitrogen and oxygen atoms in total. The van der Waals surface area contributed by atoms with Crippen LogP contribution in [0, 0.1) is 5.92 Å². The Bertz CT molecular complexity index is 1710. The minimum atomic E-state index is -0.869. The normalized spacial score (nSPS) is 20.9. The average Bonchev–Trinajstić information content (AvgIpc) is 3.51. The van der Waals surface area contributed by atoms with Crippen LogP contribution in [0.1, 0.15) is 33.6 Å². The van der Waals surface area contributed by atoms with Crippen molar-refractivity contribution < 1.29 is 38.1 Å². The summed E-state index contributed by atoms with van der Waals surface area (Å²) in [6.07, 6.45) is 0. The average molecular weight is 654 g/mol. The molecule has 3 aliphatic rings. The maximum absolute atomic E-state index is 14.2. The van der Waals surface area contributed by atoms with E-state index < -0.39 is 34.9 Å². The van der Waals surface area contributed by atoms with Crippen LogP contribution in [0.15, 0.2) is 52.3 Å². The van der Waals surface area contributed by atoms with Crippen LogP contribution in [0.2, 0.25) is 0 Å². The maximum atomic E-state index is 14.2. The van der Waals surface area contributed by atoms with Crippen molar-refractivity contribution in [3.63, 3.8) is 0 Å². The van der Waals surface area contributed by atoms with Crippen molar-refractivity contribution in [3.05, 3.63) is 68.1 Å². The van der Waals surface area contributed by atoms with E-state index in [1.165, 1.54) is 30.9 Å². The van der Waals surface area contributed by atoms with Gasteiger partial charge in [0.15, 0.2) is 11.5 Å². The Labute approximate surface area is 266 Å². The number of esters is 1. The molecule has 0 spiro atoms. The van der Waals surface area contributed by atoms with Gasteiger partial charge in [-0.15, -0.1) is 0 Å². The second-order valence-corrected chi connectivity index (χ2v) is 12.7. The van der Waals surface area contributed by atoms with E-state index in [1.807, 2.05) is 0 Å². The van der Waals surface area contributed by atoms with Crippen molar-refractivity contribution in [2.45, 2.75) is 29.7 Å². The smallest absolute Gasteiger partial charge is 0.338 e. The zero-order valence-electron chi connectivity index (χ0n) is 24.8. The molecule has 0 aliphatic carbocycles. The van der Waals surface area contributed by atoms with Gasteiger partial charge in [0.25, 0.3) is 0 Å².